The van der Waals surface area contributed by atoms with Crippen LogP contribution in [0.1, 0.15) is 28.5 Å². The van der Waals surface area contributed by atoms with Crippen LogP contribution in [-0.2, 0) is 13.1 Å². The first-order valence-electron chi connectivity index (χ1n) is 10.7. The van der Waals surface area contributed by atoms with E-state index in [0.717, 1.165) is 40.0 Å². The number of ether oxygens (including phenoxy) is 2. The summed E-state index contributed by atoms with van der Waals surface area (Å²) in [5, 5.41) is 8.31. The van der Waals surface area contributed by atoms with Crippen LogP contribution in [0.25, 0.3) is 22.2 Å². The van der Waals surface area contributed by atoms with Gasteiger partial charge < -0.3 is 14.8 Å². The van der Waals surface area contributed by atoms with Crippen LogP contribution in [0.3, 0.4) is 0 Å². The largest absolute Gasteiger partial charge is 0.486 e. The van der Waals surface area contributed by atoms with Crippen molar-refractivity contribution in [3.8, 4) is 22.8 Å². The Labute approximate surface area is 186 Å². The minimum atomic E-state index is -0.147. The third-order valence-corrected chi connectivity index (χ3v) is 5.61. The van der Waals surface area contributed by atoms with Crippen LogP contribution in [0, 0.1) is 6.92 Å². The van der Waals surface area contributed by atoms with Crippen molar-refractivity contribution >= 4 is 16.8 Å². The van der Waals surface area contributed by atoms with Gasteiger partial charge in [0.2, 0.25) is 0 Å². The summed E-state index contributed by atoms with van der Waals surface area (Å²) >= 11 is 0. The number of carbonyl (C=O) groups is 1. The van der Waals surface area contributed by atoms with Crippen LogP contribution in [0.15, 0.2) is 54.7 Å². The SMILES string of the molecule is CCn1cc(CNC(=O)c2cc(-c3ccc4c(c3)OCCO4)nc3ccccc23)c(C)n1. The third-order valence-electron chi connectivity index (χ3n) is 5.61. The molecule has 0 unspecified atom stereocenters. The lowest BCUT2D eigenvalue weighted by molar-refractivity contribution is 0.0952. The van der Waals surface area contributed by atoms with Crippen LogP contribution < -0.4 is 14.8 Å². The van der Waals surface area contributed by atoms with E-state index in [1.807, 2.05) is 73.3 Å². The molecule has 0 aliphatic carbocycles. The first-order valence-corrected chi connectivity index (χ1v) is 10.7. The maximum absolute atomic E-state index is 13.2. The van der Waals surface area contributed by atoms with Crippen molar-refractivity contribution in [3.63, 3.8) is 0 Å². The smallest absolute Gasteiger partial charge is 0.252 e. The summed E-state index contributed by atoms with van der Waals surface area (Å²) in [6, 6.07) is 15.3. The predicted molar refractivity (Wildman–Crippen MR) is 122 cm³/mol. The van der Waals surface area contributed by atoms with Crippen LogP contribution in [0.2, 0.25) is 0 Å². The zero-order valence-corrected chi connectivity index (χ0v) is 18.1. The van der Waals surface area contributed by atoms with Crippen LogP contribution in [0.5, 0.6) is 11.5 Å². The molecule has 1 aliphatic heterocycles. The molecule has 32 heavy (non-hydrogen) atoms. The highest BCUT2D eigenvalue weighted by molar-refractivity contribution is 6.07. The predicted octanol–water partition coefficient (Wildman–Crippen LogP) is 4.13. The molecule has 1 aliphatic rings. The molecule has 0 saturated heterocycles. The molecule has 0 spiro atoms. The Morgan fingerprint density at radius 2 is 1.91 bits per heavy atom. The number of carbonyl (C=O) groups excluding carboxylic acids is 1. The Morgan fingerprint density at radius 1 is 1.09 bits per heavy atom. The second-order valence-electron chi connectivity index (χ2n) is 7.71. The average molecular weight is 428 g/mol. The van der Waals surface area contributed by atoms with E-state index in [-0.39, 0.29) is 5.91 Å². The summed E-state index contributed by atoms with van der Waals surface area (Å²) < 4.78 is 13.2. The maximum Gasteiger partial charge on any atom is 0.252 e. The number of nitrogens with zero attached hydrogens (tertiary/aromatic N) is 3. The van der Waals surface area contributed by atoms with Crippen LogP contribution in [0.4, 0.5) is 0 Å². The molecular weight excluding hydrogens is 404 g/mol. The number of amides is 1. The van der Waals surface area contributed by atoms with Gasteiger partial charge in [0.05, 0.1) is 22.5 Å². The van der Waals surface area contributed by atoms with Crippen molar-refractivity contribution in [1.29, 1.82) is 0 Å². The van der Waals surface area contributed by atoms with Crippen molar-refractivity contribution in [3.05, 3.63) is 71.5 Å². The second-order valence-corrected chi connectivity index (χ2v) is 7.71. The summed E-state index contributed by atoms with van der Waals surface area (Å²) in [5.74, 6) is 1.27. The van der Waals surface area contributed by atoms with Gasteiger partial charge in [-0.05, 0) is 44.2 Å². The molecule has 1 amide bonds. The van der Waals surface area contributed by atoms with Gasteiger partial charge in [-0.2, -0.15) is 5.10 Å². The van der Waals surface area contributed by atoms with E-state index in [1.165, 1.54) is 0 Å². The second kappa shape index (κ2) is 8.34. The lowest BCUT2D eigenvalue weighted by Gasteiger charge is -2.19. The summed E-state index contributed by atoms with van der Waals surface area (Å²) in [5.41, 5.74) is 4.85. The van der Waals surface area contributed by atoms with E-state index < -0.39 is 0 Å². The first kappa shape index (κ1) is 20.1. The fraction of sp³-hybridized carbons (Fsp3) is 0.240. The Kier molecular flexibility index (Phi) is 5.23. The van der Waals surface area contributed by atoms with Crippen molar-refractivity contribution in [2.75, 3.05) is 13.2 Å². The number of benzene rings is 2. The number of fused-ring (bicyclic) bond motifs is 2. The molecule has 2 aromatic heterocycles. The first-order chi connectivity index (χ1) is 15.6. The minimum Gasteiger partial charge on any atom is -0.486 e. The normalized spacial score (nSPS) is 12.7. The number of rotatable bonds is 5. The van der Waals surface area contributed by atoms with Gasteiger partial charge in [-0.3, -0.25) is 9.48 Å². The van der Waals surface area contributed by atoms with Gasteiger partial charge in [0.1, 0.15) is 13.2 Å². The third kappa shape index (κ3) is 3.77. The zero-order valence-electron chi connectivity index (χ0n) is 18.1. The molecular formula is C25H24N4O3. The summed E-state index contributed by atoms with van der Waals surface area (Å²) in [6.45, 7) is 6.26. The molecule has 4 aromatic rings. The number of pyridine rings is 1. The lowest BCUT2D eigenvalue weighted by atomic mass is 10.0. The summed E-state index contributed by atoms with van der Waals surface area (Å²) in [4.78, 5) is 18.0. The molecule has 162 valence electrons. The van der Waals surface area contributed by atoms with Gasteiger partial charge in [0.15, 0.2) is 11.5 Å². The van der Waals surface area contributed by atoms with Crippen LogP contribution in [-0.4, -0.2) is 33.9 Å². The summed E-state index contributed by atoms with van der Waals surface area (Å²) in [7, 11) is 0. The van der Waals surface area contributed by atoms with Crippen molar-refractivity contribution in [2.24, 2.45) is 0 Å². The Morgan fingerprint density at radius 3 is 2.72 bits per heavy atom. The number of hydrogen-bond donors (Lipinski definition) is 1. The molecule has 2 aromatic carbocycles. The molecule has 0 saturated carbocycles. The van der Waals surface area contributed by atoms with Gasteiger partial charge in [0, 0.05) is 35.8 Å². The molecule has 0 radical (unpaired) electrons. The van der Waals surface area contributed by atoms with Gasteiger partial charge in [-0.15, -0.1) is 0 Å². The Hall–Kier alpha value is -3.87. The molecule has 0 atom stereocenters. The van der Waals surface area contributed by atoms with Crippen molar-refractivity contribution < 1.29 is 14.3 Å². The zero-order chi connectivity index (χ0) is 22.1. The molecule has 0 bridgehead atoms. The highest BCUT2D eigenvalue weighted by Crippen LogP contribution is 2.35. The molecule has 5 rings (SSSR count). The van der Waals surface area contributed by atoms with E-state index in [1.54, 1.807) is 0 Å². The Bertz CT molecular complexity index is 1310. The fourth-order valence-corrected chi connectivity index (χ4v) is 3.88. The maximum atomic E-state index is 13.2. The van der Waals surface area contributed by atoms with Gasteiger partial charge in [0.25, 0.3) is 5.91 Å². The van der Waals surface area contributed by atoms with Crippen LogP contribution >= 0.6 is 0 Å². The molecule has 1 N–H and O–H groups in total. The number of hydrogen-bond acceptors (Lipinski definition) is 5. The quantitative estimate of drug-likeness (QED) is 0.517. The fourth-order valence-electron chi connectivity index (χ4n) is 3.88. The number of aromatic nitrogens is 3. The van der Waals surface area contributed by atoms with Gasteiger partial charge in [-0.25, -0.2) is 4.98 Å². The van der Waals surface area contributed by atoms with Gasteiger partial charge in [-0.1, -0.05) is 18.2 Å². The molecule has 0 fully saturated rings. The van der Waals surface area contributed by atoms with Gasteiger partial charge >= 0.3 is 0 Å². The van der Waals surface area contributed by atoms with E-state index in [0.29, 0.717) is 36.8 Å². The minimum absolute atomic E-state index is 0.147. The highest BCUT2D eigenvalue weighted by Gasteiger charge is 2.17. The number of nitrogens with one attached hydrogen (secondary N) is 1. The van der Waals surface area contributed by atoms with Crippen molar-refractivity contribution in [1.82, 2.24) is 20.1 Å². The van der Waals surface area contributed by atoms with E-state index in [2.05, 4.69) is 10.4 Å². The highest BCUT2D eigenvalue weighted by atomic mass is 16.6. The molecule has 7 nitrogen and oxygen atoms in total. The topological polar surface area (TPSA) is 78.3 Å². The molecule has 7 heteroatoms. The van der Waals surface area contributed by atoms with E-state index in [4.69, 9.17) is 14.5 Å². The van der Waals surface area contributed by atoms with E-state index in [9.17, 15) is 4.79 Å². The Balaban J connectivity index is 1.49. The lowest BCUT2D eigenvalue weighted by Crippen LogP contribution is -2.23. The number of aryl methyl sites for hydroxylation is 2. The van der Waals surface area contributed by atoms with E-state index >= 15 is 0 Å². The average Bonchev–Trinajstić information content (AvgIpc) is 3.21. The molecule has 3 heterocycles. The van der Waals surface area contributed by atoms with Crippen molar-refractivity contribution in [2.45, 2.75) is 26.9 Å². The number of para-hydroxylation sites is 1. The standard InChI is InChI=1S/C25H24N4O3/c1-3-29-15-18(16(2)28-29)14-26-25(30)20-13-22(27-21-7-5-4-6-19(20)21)17-8-9-23-24(12-17)32-11-10-31-23/h4-9,12-13,15H,3,10-11,14H2,1-2H3,(H,26,30). The monoisotopic (exact) mass is 428 g/mol. The summed E-state index contributed by atoms with van der Waals surface area (Å²) in [6.07, 6.45) is 1.97.